The van der Waals surface area contributed by atoms with Gasteiger partial charge in [0.05, 0.1) is 5.92 Å². The van der Waals surface area contributed by atoms with Crippen LogP contribution < -0.4 is 5.73 Å². The number of nitrogens with two attached hydrogens (primary N) is 1. The van der Waals surface area contributed by atoms with Gasteiger partial charge in [0.2, 0.25) is 0 Å². The Bertz CT molecular complexity index is 216. The monoisotopic (exact) mass is 238 g/mol. The van der Waals surface area contributed by atoms with Gasteiger partial charge in [0.25, 0.3) is 0 Å². The van der Waals surface area contributed by atoms with Crippen molar-refractivity contribution >= 4 is 0 Å². The molecule has 0 amide bonds. The van der Waals surface area contributed by atoms with Gasteiger partial charge >= 0.3 is 6.18 Å². The molecule has 0 aromatic heterocycles. The van der Waals surface area contributed by atoms with Crippen molar-refractivity contribution < 1.29 is 13.2 Å². The minimum Gasteiger partial charge on any atom is -0.326 e. The van der Waals surface area contributed by atoms with Gasteiger partial charge in [-0.15, -0.1) is 0 Å². The van der Waals surface area contributed by atoms with E-state index in [2.05, 4.69) is 0 Å². The Morgan fingerprint density at radius 2 is 2.00 bits per heavy atom. The van der Waals surface area contributed by atoms with Crippen LogP contribution in [0, 0.1) is 11.8 Å². The first-order valence-corrected chi connectivity index (χ1v) is 5.85. The molecule has 1 aliphatic heterocycles. The number of nitrogens with zero attached hydrogens (tertiary/aromatic N) is 1. The third kappa shape index (κ3) is 3.94. The summed E-state index contributed by atoms with van der Waals surface area (Å²) in [5.74, 6) is -0.855. The number of alkyl halides is 3. The third-order valence-corrected chi connectivity index (χ3v) is 3.29. The van der Waals surface area contributed by atoms with E-state index < -0.39 is 12.1 Å². The number of hydrogen-bond acceptors (Lipinski definition) is 2. The summed E-state index contributed by atoms with van der Waals surface area (Å²) in [6, 6.07) is -0.0352. The maximum absolute atomic E-state index is 12.6. The topological polar surface area (TPSA) is 29.3 Å². The summed E-state index contributed by atoms with van der Waals surface area (Å²) in [6.07, 6.45) is -3.17. The summed E-state index contributed by atoms with van der Waals surface area (Å²) in [6.45, 7) is 5.42. The summed E-state index contributed by atoms with van der Waals surface area (Å²) in [5.41, 5.74) is 5.88. The molecule has 1 aliphatic rings. The Kier molecular flexibility index (Phi) is 4.62. The van der Waals surface area contributed by atoms with Crippen LogP contribution in [0.25, 0.3) is 0 Å². The molecule has 5 heteroatoms. The van der Waals surface area contributed by atoms with Crippen molar-refractivity contribution in [2.24, 2.45) is 17.6 Å². The molecule has 0 aromatic carbocycles. The molecule has 0 aromatic rings. The lowest BCUT2D eigenvalue weighted by Crippen LogP contribution is -2.47. The van der Waals surface area contributed by atoms with Crippen molar-refractivity contribution in [1.82, 2.24) is 4.90 Å². The van der Waals surface area contributed by atoms with Crippen molar-refractivity contribution in [2.45, 2.75) is 38.9 Å². The van der Waals surface area contributed by atoms with Crippen LogP contribution in [-0.2, 0) is 0 Å². The fourth-order valence-electron chi connectivity index (χ4n) is 2.00. The zero-order valence-electron chi connectivity index (χ0n) is 9.93. The molecular weight excluding hydrogens is 217 g/mol. The molecule has 1 heterocycles. The van der Waals surface area contributed by atoms with Crippen molar-refractivity contribution in [3.63, 3.8) is 0 Å². The number of rotatable bonds is 3. The third-order valence-electron chi connectivity index (χ3n) is 3.29. The maximum Gasteiger partial charge on any atom is 0.393 e. The van der Waals surface area contributed by atoms with Gasteiger partial charge in [0.1, 0.15) is 0 Å². The summed E-state index contributed by atoms with van der Waals surface area (Å²) in [5, 5.41) is 0. The Morgan fingerprint density at radius 3 is 2.50 bits per heavy atom. The van der Waals surface area contributed by atoms with Gasteiger partial charge in [-0.2, -0.15) is 13.2 Å². The molecule has 0 spiro atoms. The summed E-state index contributed by atoms with van der Waals surface area (Å²) in [7, 11) is 0. The Labute approximate surface area is 95.0 Å². The molecular formula is C11H21F3N2. The normalized spacial score (nSPS) is 26.1. The van der Waals surface area contributed by atoms with Crippen LogP contribution >= 0.6 is 0 Å². The Hall–Kier alpha value is -0.290. The zero-order chi connectivity index (χ0) is 12.3. The fourth-order valence-corrected chi connectivity index (χ4v) is 2.00. The van der Waals surface area contributed by atoms with Crippen LogP contribution in [0.4, 0.5) is 13.2 Å². The molecule has 0 bridgehead atoms. The highest BCUT2D eigenvalue weighted by atomic mass is 19.4. The molecule has 1 fully saturated rings. The molecule has 1 rings (SSSR count). The average molecular weight is 238 g/mol. The summed E-state index contributed by atoms with van der Waals surface area (Å²) < 4.78 is 37.7. The molecule has 1 saturated heterocycles. The Morgan fingerprint density at radius 1 is 1.38 bits per heavy atom. The van der Waals surface area contributed by atoms with Gasteiger partial charge in [-0.3, -0.25) is 0 Å². The SMILES string of the molecule is CC(C)C(N)CN1CCCC(C(F)(F)F)C1. The van der Waals surface area contributed by atoms with Gasteiger partial charge in [-0.1, -0.05) is 13.8 Å². The second-order valence-electron chi connectivity index (χ2n) is 5.05. The van der Waals surface area contributed by atoms with E-state index in [4.69, 9.17) is 5.73 Å². The molecule has 96 valence electrons. The molecule has 2 N–H and O–H groups in total. The second kappa shape index (κ2) is 5.36. The quantitative estimate of drug-likeness (QED) is 0.817. The van der Waals surface area contributed by atoms with Gasteiger partial charge in [0, 0.05) is 19.1 Å². The standard InChI is InChI=1S/C11H21F3N2/c1-8(2)10(15)7-16-5-3-4-9(6-16)11(12,13)14/h8-10H,3-7,15H2,1-2H3. The van der Waals surface area contributed by atoms with Crippen LogP contribution in [0.15, 0.2) is 0 Å². The smallest absolute Gasteiger partial charge is 0.326 e. The van der Waals surface area contributed by atoms with Crippen LogP contribution in [0.2, 0.25) is 0 Å². The summed E-state index contributed by atoms with van der Waals surface area (Å²) in [4.78, 5) is 1.85. The molecule has 0 radical (unpaired) electrons. The largest absolute Gasteiger partial charge is 0.393 e. The van der Waals surface area contributed by atoms with E-state index in [1.54, 1.807) is 0 Å². The maximum atomic E-state index is 12.6. The van der Waals surface area contributed by atoms with Gasteiger partial charge in [-0.05, 0) is 25.3 Å². The lowest BCUT2D eigenvalue weighted by molar-refractivity contribution is -0.186. The highest BCUT2D eigenvalue weighted by molar-refractivity contribution is 4.80. The van der Waals surface area contributed by atoms with E-state index in [0.717, 1.165) is 6.54 Å². The van der Waals surface area contributed by atoms with Crippen LogP contribution in [0.1, 0.15) is 26.7 Å². The van der Waals surface area contributed by atoms with E-state index >= 15 is 0 Å². The Balaban J connectivity index is 2.45. The first-order chi connectivity index (χ1) is 7.30. The highest BCUT2D eigenvalue weighted by Crippen LogP contribution is 2.33. The molecule has 2 nitrogen and oxygen atoms in total. The predicted octanol–water partition coefficient (Wildman–Crippen LogP) is 2.24. The zero-order valence-corrected chi connectivity index (χ0v) is 9.93. The van der Waals surface area contributed by atoms with Crippen molar-refractivity contribution in [1.29, 1.82) is 0 Å². The van der Waals surface area contributed by atoms with E-state index in [9.17, 15) is 13.2 Å². The minimum absolute atomic E-state index is 0.0352. The molecule has 2 unspecified atom stereocenters. The van der Waals surface area contributed by atoms with Crippen LogP contribution in [0.5, 0.6) is 0 Å². The number of piperidine rings is 1. The van der Waals surface area contributed by atoms with Gasteiger partial charge in [0.15, 0.2) is 0 Å². The fraction of sp³-hybridized carbons (Fsp3) is 1.00. The molecule has 0 aliphatic carbocycles. The predicted molar refractivity (Wildman–Crippen MR) is 58.0 cm³/mol. The number of likely N-dealkylation sites (tertiary alicyclic amines) is 1. The van der Waals surface area contributed by atoms with Crippen molar-refractivity contribution in [3.8, 4) is 0 Å². The van der Waals surface area contributed by atoms with Crippen LogP contribution in [0.3, 0.4) is 0 Å². The number of hydrogen-bond donors (Lipinski definition) is 1. The van der Waals surface area contributed by atoms with E-state index in [1.165, 1.54) is 0 Å². The van der Waals surface area contributed by atoms with Gasteiger partial charge < -0.3 is 10.6 Å². The molecule has 16 heavy (non-hydrogen) atoms. The first kappa shape index (κ1) is 13.8. The lowest BCUT2D eigenvalue weighted by atomic mass is 9.96. The number of halogens is 3. The van der Waals surface area contributed by atoms with Crippen molar-refractivity contribution in [2.75, 3.05) is 19.6 Å². The van der Waals surface area contributed by atoms with E-state index in [1.807, 2.05) is 18.7 Å². The van der Waals surface area contributed by atoms with E-state index in [0.29, 0.717) is 18.9 Å². The molecule has 2 atom stereocenters. The summed E-state index contributed by atoms with van der Waals surface area (Å²) >= 11 is 0. The van der Waals surface area contributed by atoms with Crippen LogP contribution in [-0.4, -0.2) is 36.8 Å². The van der Waals surface area contributed by atoms with Crippen molar-refractivity contribution in [3.05, 3.63) is 0 Å². The molecule has 0 saturated carbocycles. The second-order valence-corrected chi connectivity index (χ2v) is 5.05. The lowest BCUT2D eigenvalue weighted by Gasteiger charge is -2.35. The highest BCUT2D eigenvalue weighted by Gasteiger charge is 2.41. The first-order valence-electron chi connectivity index (χ1n) is 5.85. The minimum atomic E-state index is -4.05. The van der Waals surface area contributed by atoms with E-state index in [-0.39, 0.29) is 19.0 Å². The van der Waals surface area contributed by atoms with Gasteiger partial charge in [-0.25, -0.2) is 0 Å². The average Bonchev–Trinajstić information content (AvgIpc) is 2.16.